The molecular formula is C27H27N5. The van der Waals surface area contributed by atoms with E-state index in [0.29, 0.717) is 5.92 Å². The lowest BCUT2D eigenvalue weighted by Gasteiger charge is -2.26. The maximum absolute atomic E-state index is 5.04. The highest BCUT2D eigenvalue weighted by Gasteiger charge is 2.25. The first kappa shape index (κ1) is 20.3. The zero-order valence-electron chi connectivity index (χ0n) is 18.9. The fourth-order valence-corrected chi connectivity index (χ4v) is 4.26. The topological polar surface area (TPSA) is 56.5 Å². The lowest BCUT2D eigenvalue weighted by atomic mass is 9.83. The first-order valence-corrected chi connectivity index (χ1v) is 11.0. The van der Waals surface area contributed by atoms with E-state index >= 15 is 0 Å². The number of aromatic nitrogens is 5. The molecule has 5 rings (SSSR count). The van der Waals surface area contributed by atoms with Crippen molar-refractivity contribution in [2.45, 2.75) is 45.6 Å². The van der Waals surface area contributed by atoms with Crippen LogP contribution in [0.25, 0.3) is 33.1 Å². The molecule has 0 N–H and O–H groups in total. The van der Waals surface area contributed by atoms with Gasteiger partial charge in [-0.05, 0) is 40.6 Å². The van der Waals surface area contributed by atoms with Gasteiger partial charge in [-0.15, -0.1) is 0 Å². The average molecular weight is 422 g/mol. The van der Waals surface area contributed by atoms with E-state index in [9.17, 15) is 0 Å². The number of hydrogen-bond donors (Lipinski definition) is 0. The molecule has 32 heavy (non-hydrogen) atoms. The van der Waals surface area contributed by atoms with Crippen molar-refractivity contribution >= 4 is 21.7 Å². The van der Waals surface area contributed by atoms with Crippen molar-refractivity contribution in [2.24, 2.45) is 0 Å². The van der Waals surface area contributed by atoms with Gasteiger partial charge in [0.15, 0.2) is 0 Å². The van der Waals surface area contributed by atoms with E-state index in [-0.39, 0.29) is 5.41 Å². The number of benzene rings is 2. The summed E-state index contributed by atoms with van der Waals surface area (Å²) in [6, 6.07) is 15.3. The zero-order chi connectivity index (χ0) is 22.3. The highest BCUT2D eigenvalue weighted by Crippen LogP contribution is 2.33. The van der Waals surface area contributed by atoms with Gasteiger partial charge in [-0.2, -0.15) is 5.10 Å². The molecule has 0 aliphatic carbocycles. The smallest absolute Gasteiger partial charge is 0.120 e. The Morgan fingerprint density at radius 1 is 0.875 bits per heavy atom. The minimum atomic E-state index is -0.118. The van der Waals surface area contributed by atoms with Crippen molar-refractivity contribution in [2.75, 3.05) is 0 Å². The largest absolute Gasteiger partial charge is 0.264 e. The van der Waals surface area contributed by atoms with Crippen molar-refractivity contribution in [1.82, 2.24) is 24.7 Å². The van der Waals surface area contributed by atoms with Gasteiger partial charge in [0, 0.05) is 41.0 Å². The summed E-state index contributed by atoms with van der Waals surface area (Å²) < 4.78 is 2.13. The Bertz CT molecular complexity index is 1400. The summed E-state index contributed by atoms with van der Waals surface area (Å²) >= 11 is 0. The van der Waals surface area contributed by atoms with Gasteiger partial charge in [0.25, 0.3) is 0 Å². The molecule has 160 valence electrons. The molecule has 3 heterocycles. The second-order valence-electron chi connectivity index (χ2n) is 9.35. The highest BCUT2D eigenvalue weighted by atomic mass is 15.3. The van der Waals surface area contributed by atoms with Gasteiger partial charge in [-0.1, -0.05) is 52.0 Å². The lowest BCUT2D eigenvalue weighted by molar-refractivity contribution is 0.417. The van der Waals surface area contributed by atoms with Crippen molar-refractivity contribution in [1.29, 1.82) is 0 Å². The van der Waals surface area contributed by atoms with E-state index in [1.807, 2.05) is 12.4 Å². The normalized spacial score (nSPS) is 12.2. The third kappa shape index (κ3) is 3.64. The SMILES string of the molecule is CC(C)c1ccc2c(c1)c(-c1cnccn1)nn2CC(C)(C)c1ccc2cnccc2c1. The monoisotopic (exact) mass is 421 g/mol. The number of pyridine rings is 1. The van der Waals surface area contributed by atoms with E-state index in [2.05, 4.69) is 89.8 Å². The summed E-state index contributed by atoms with van der Waals surface area (Å²) in [4.78, 5) is 13.0. The van der Waals surface area contributed by atoms with Crippen LogP contribution in [0.4, 0.5) is 0 Å². The maximum Gasteiger partial charge on any atom is 0.120 e. The van der Waals surface area contributed by atoms with Crippen LogP contribution in [0.2, 0.25) is 0 Å². The van der Waals surface area contributed by atoms with E-state index in [4.69, 9.17) is 5.10 Å². The van der Waals surface area contributed by atoms with Crippen molar-refractivity contribution in [3.63, 3.8) is 0 Å². The quantitative estimate of drug-likeness (QED) is 0.342. The third-order valence-electron chi connectivity index (χ3n) is 6.21. The summed E-state index contributed by atoms with van der Waals surface area (Å²) in [6.45, 7) is 9.72. The van der Waals surface area contributed by atoms with Crippen LogP contribution in [-0.2, 0) is 12.0 Å². The summed E-state index contributed by atoms with van der Waals surface area (Å²) in [5, 5.41) is 8.52. The summed E-state index contributed by atoms with van der Waals surface area (Å²) in [5.41, 5.74) is 5.26. The molecule has 0 fully saturated rings. The summed E-state index contributed by atoms with van der Waals surface area (Å²) in [5.74, 6) is 0.445. The molecule has 0 saturated carbocycles. The van der Waals surface area contributed by atoms with Crippen LogP contribution in [0.3, 0.4) is 0 Å². The zero-order valence-corrected chi connectivity index (χ0v) is 18.9. The summed E-state index contributed by atoms with van der Waals surface area (Å²) in [7, 11) is 0. The Labute approximate surface area is 188 Å². The Hall–Kier alpha value is -3.60. The van der Waals surface area contributed by atoms with Crippen LogP contribution in [0, 0.1) is 0 Å². The van der Waals surface area contributed by atoms with Gasteiger partial charge in [-0.25, -0.2) is 0 Å². The Morgan fingerprint density at radius 3 is 2.50 bits per heavy atom. The maximum atomic E-state index is 5.04. The first-order valence-electron chi connectivity index (χ1n) is 11.0. The second kappa shape index (κ2) is 7.83. The Kier molecular flexibility index (Phi) is 4.97. The molecule has 0 atom stereocenters. The van der Waals surface area contributed by atoms with Crippen LogP contribution >= 0.6 is 0 Å². The van der Waals surface area contributed by atoms with E-state index < -0.39 is 0 Å². The van der Waals surface area contributed by atoms with E-state index in [0.717, 1.165) is 34.2 Å². The van der Waals surface area contributed by atoms with Crippen molar-refractivity contribution < 1.29 is 0 Å². The molecule has 0 aliphatic heterocycles. The molecule has 0 bridgehead atoms. The third-order valence-corrected chi connectivity index (χ3v) is 6.21. The highest BCUT2D eigenvalue weighted by molar-refractivity contribution is 5.93. The second-order valence-corrected chi connectivity index (χ2v) is 9.35. The first-order chi connectivity index (χ1) is 15.4. The lowest BCUT2D eigenvalue weighted by Crippen LogP contribution is -2.25. The van der Waals surface area contributed by atoms with Crippen LogP contribution in [-0.4, -0.2) is 24.7 Å². The van der Waals surface area contributed by atoms with E-state index in [1.165, 1.54) is 16.5 Å². The Balaban J connectivity index is 1.61. The van der Waals surface area contributed by atoms with Gasteiger partial charge in [0.2, 0.25) is 0 Å². The number of hydrogen-bond acceptors (Lipinski definition) is 4. The molecule has 0 aliphatic rings. The molecule has 0 unspecified atom stereocenters. The molecule has 0 amide bonds. The molecule has 5 nitrogen and oxygen atoms in total. The fraction of sp³-hybridized carbons (Fsp3) is 0.259. The van der Waals surface area contributed by atoms with Gasteiger partial charge in [0.05, 0.1) is 18.3 Å². The van der Waals surface area contributed by atoms with Crippen LogP contribution in [0.1, 0.15) is 44.7 Å². The molecule has 0 radical (unpaired) electrons. The van der Waals surface area contributed by atoms with Gasteiger partial charge in [0.1, 0.15) is 11.4 Å². The van der Waals surface area contributed by atoms with Crippen LogP contribution in [0.5, 0.6) is 0 Å². The molecule has 5 heteroatoms. The molecule has 0 spiro atoms. The Morgan fingerprint density at radius 2 is 1.72 bits per heavy atom. The van der Waals surface area contributed by atoms with Crippen molar-refractivity contribution in [3.05, 3.63) is 84.6 Å². The summed E-state index contributed by atoms with van der Waals surface area (Å²) in [6.07, 6.45) is 8.96. The standard InChI is InChI=1S/C27H27N5/c1-18(2)19-6-8-25-23(14-19)26(24-16-29-11-12-30-24)31-32(25)17-27(3,4)22-7-5-21-15-28-10-9-20(21)13-22/h5-16,18H,17H2,1-4H3. The minimum Gasteiger partial charge on any atom is -0.264 e. The van der Waals surface area contributed by atoms with Crippen molar-refractivity contribution in [3.8, 4) is 11.4 Å². The number of nitrogens with zero attached hydrogens (tertiary/aromatic N) is 5. The van der Waals surface area contributed by atoms with Crippen LogP contribution in [0.15, 0.2) is 73.4 Å². The van der Waals surface area contributed by atoms with E-state index in [1.54, 1.807) is 18.6 Å². The number of fused-ring (bicyclic) bond motifs is 2. The molecule has 0 saturated heterocycles. The molecular weight excluding hydrogens is 394 g/mol. The predicted molar refractivity (Wildman–Crippen MR) is 130 cm³/mol. The van der Waals surface area contributed by atoms with Gasteiger partial charge >= 0.3 is 0 Å². The fourth-order valence-electron chi connectivity index (χ4n) is 4.26. The number of rotatable bonds is 5. The van der Waals surface area contributed by atoms with Gasteiger partial charge < -0.3 is 0 Å². The molecule has 3 aromatic heterocycles. The van der Waals surface area contributed by atoms with Gasteiger partial charge in [-0.3, -0.25) is 19.6 Å². The van der Waals surface area contributed by atoms with Crippen LogP contribution < -0.4 is 0 Å². The minimum absolute atomic E-state index is 0.118. The average Bonchev–Trinajstić information content (AvgIpc) is 3.16. The molecule has 2 aromatic carbocycles. The molecule has 5 aromatic rings. The predicted octanol–water partition coefficient (Wildman–Crippen LogP) is 6.14.